The Kier molecular flexibility index (Phi) is 5.38. The van der Waals surface area contributed by atoms with E-state index in [1.165, 1.54) is 12.8 Å². The molecule has 1 atom stereocenters. The first-order valence-corrected chi connectivity index (χ1v) is 10.5. The van der Waals surface area contributed by atoms with Gasteiger partial charge in [-0.05, 0) is 62.1 Å². The van der Waals surface area contributed by atoms with Crippen LogP contribution in [0.5, 0.6) is 0 Å². The number of piperazine rings is 1. The van der Waals surface area contributed by atoms with E-state index >= 15 is 0 Å². The number of benzene rings is 1. The Hall–Kier alpha value is -2.37. The number of rotatable bonds is 4. The number of carbonyl (C=O) groups excluding carboxylic acids is 3. The first kappa shape index (κ1) is 19.0. The third kappa shape index (κ3) is 3.91. The van der Waals surface area contributed by atoms with Crippen LogP contribution >= 0.6 is 0 Å². The van der Waals surface area contributed by atoms with Crippen LogP contribution < -0.4 is 5.32 Å². The number of hydrogen-bond donors (Lipinski definition) is 1. The molecule has 1 unspecified atom stereocenters. The molecule has 1 aliphatic carbocycles. The molecule has 0 radical (unpaired) electrons. The molecule has 150 valence electrons. The number of nitrogens with one attached hydrogen (secondary N) is 1. The molecule has 1 aromatic carbocycles. The SMILES string of the molecule is CC1CCC(NC(=O)c2ccc(CN3CC(=O)N4CCCC4C3=O)cc2)CC1. The van der Waals surface area contributed by atoms with Crippen LogP contribution in [0.4, 0.5) is 0 Å². The van der Waals surface area contributed by atoms with Crippen molar-refractivity contribution >= 4 is 17.7 Å². The summed E-state index contributed by atoms with van der Waals surface area (Å²) in [5.41, 5.74) is 1.58. The average molecular weight is 383 g/mol. The lowest BCUT2D eigenvalue weighted by atomic mass is 9.87. The van der Waals surface area contributed by atoms with Crippen LogP contribution in [0.25, 0.3) is 0 Å². The monoisotopic (exact) mass is 383 g/mol. The predicted molar refractivity (Wildman–Crippen MR) is 105 cm³/mol. The fourth-order valence-corrected chi connectivity index (χ4v) is 4.65. The summed E-state index contributed by atoms with van der Waals surface area (Å²) >= 11 is 0. The molecular weight excluding hydrogens is 354 g/mol. The van der Waals surface area contributed by atoms with Gasteiger partial charge in [0.25, 0.3) is 5.91 Å². The maximum absolute atomic E-state index is 12.6. The number of carbonyl (C=O) groups is 3. The van der Waals surface area contributed by atoms with Gasteiger partial charge >= 0.3 is 0 Å². The Labute approximate surface area is 166 Å². The highest BCUT2D eigenvalue weighted by atomic mass is 16.2. The summed E-state index contributed by atoms with van der Waals surface area (Å²) in [4.78, 5) is 40.8. The molecule has 1 saturated carbocycles. The van der Waals surface area contributed by atoms with E-state index < -0.39 is 0 Å². The van der Waals surface area contributed by atoms with Crippen molar-refractivity contribution in [2.24, 2.45) is 5.92 Å². The lowest BCUT2D eigenvalue weighted by Gasteiger charge is -2.36. The second kappa shape index (κ2) is 7.94. The van der Waals surface area contributed by atoms with Gasteiger partial charge in [0.1, 0.15) is 12.6 Å². The summed E-state index contributed by atoms with van der Waals surface area (Å²) in [6.07, 6.45) is 6.11. The first-order valence-electron chi connectivity index (χ1n) is 10.5. The van der Waals surface area contributed by atoms with Crippen molar-refractivity contribution in [2.45, 2.75) is 64.1 Å². The second-order valence-corrected chi connectivity index (χ2v) is 8.57. The summed E-state index contributed by atoms with van der Waals surface area (Å²) in [6, 6.07) is 7.40. The normalized spacial score (nSPS) is 27.7. The quantitative estimate of drug-likeness (QED) is 0.868. The van der Waals surface area contributed by atoms with Crippen LogP contribution in [0.15, 0.2) is 24.3 Å². The van der Waals surface area contributed by atoms with Crippen LogP contribution in [0.3, 0.4) is 0 Å². The fraction of sp³-hybridized carbons (Fsp3) is 0.591. The minimum atomic E-state index is -0.274. The van der Waals surface area contributed by atoms with Gasteiger partial charge in [-0.25, -0.2) is 0 Å². The van der Waals surface area contributed by atoms with Gasteiger partial charge in [-0.1, -0.05) is 19.1 Å². The molecule has 1 N–H and O–H groups in total. The highest BCUT2D eigenvalue weighted by molar-refractivity contribution is 5.95. The van der Waals surface area contributed by atoms with E-state index in [0.717, 1.165) is 37.2 Å². The van der Waals surface area contributed by atoms with E-state index in [4.69, 9.17) is 0 Å². The Morgan fingerprint density at radius 3 is 2.50 bits per heavy atom. The smallest absolute Gasteiger partial charge is 0.251 e. The zero-order valence-electron chi connectivity index (χ0n) is 16.5. The Bertz CT molecular complexity index is 753. The molecule has 6 heteroatoms. The molecule has 2 heterocycles. The summed E-state index contributed by atoms with van der Waals surface area (Å²) in [7, 11) is 0. The molecule has 0 bridgehead atoms. The van der Waals surface area contributed by atoms with Crippen molar-refractivity contribution in [3.05, 3.63) is 35.4 Å². The van der Waals surface area contributed by atoms with Crippen LogP contribution in [0.1, 0.15) is 61.4 Å². The number of hydrogen-bond acceptors (Lipinski definition) is 3. The molecule has 3 aliphatic rings. The van der Waals surface area contributed by atoms with Crippen LogP contribution in [-0.4, -0.2) is 52.7 Å². The predicted octanol–water partition coefficient (Wildman–Crippen LogP) is 2.33. The van der Waals surface area contributed by atoms with Crippen LogP contribution in [0, 0.1) is 5.92 Å². The van der Waals surface area contributed by atoms with Crippen molar-refractivity contribution in [3.8, 4) is 0 Å². The van der Waals surface area contributed by atoms with Crippen molar-refractivity contribution in [1.29, 1.82) is 0 Å². The lowest BCUT2D eigenvalue weighted by molar-refractivity contribution is -0.154. The molecule has 2 saturated heterocycles. The van der Waals surface area contributed by atoms with Gasteiger partial charge in [0.2, 0.25) is 11.8 Å². The minimum Gasteiger partial charge on any atom is -0.349 e. The highest BCUT2D eigenvalue weighted by Gasteiger charge is 2.41. The van der Waals surface area contributed by atoms with Gasteiger partial charge in [-0.2, -0.15) is 0 Å². The summed E-state index contributed by atoms with van der Waals surface area (Å²) in [6.45, 7) is 3.53. The molecule has 6 nitrogen and oxygen atoms in total. The zero-order chi connectivity index (χ0) is 19.7. The van der Waals surface area contributed by atoms with Crippen molar-refractivity contribution in [1.82, 2.24) is 15.1 Å². The second-order valence-electron chi connectivity index (χ2n) is 8.57. The third-order valence-electron chi connectivity index (χ3n) is 6.44. The maximum Gasteiger partial charge on any atom is 0.251 e. The largest absolute Gasteiger partial charge is 0.349 e. The molecule has 0 spiro atoms. The lowest BCUT2D eigenvalue weighted by Crippen LogP contribution is -2.56. The van der Waals surface area contributed by atoms with Gasteiger partial charge < -0.3 is 15.1 Å². The molecule has 1 aromatic rings. The van der Waals surface area contributed by atoms with Crippen molar-refractivity contribution in [2.75, 3.05) is 13.1 Å². The van der Waals surface area contributed by atoms with E-state index in [0.29, 0.717) is 18.7 Å². The van der Waals surface area contributed by atoms with Crippen LogP contribution in [0.2, 0.25) is 0 Å². The maximum atomic E-state index is 12.6. The Morgan fingerprint density at radius 1 is 1.07 bits per heavy atom. The van der Waals surface area contributed by atoms with Gasteiger partial charge in [0, 0.05) is 24.7 Å². The Balaban J connectivity index is 1.35. The number of amides is 3. The van der Waals surface area contributed by atoms with E-state index in [2.05, 4.69) is 12.2 Å². The topological polar surface area (TPSA) is 69.7 Å². The summed E-state index contributed by atoms with van der Waals surface area (Å²) < 4.78 is 0. The molecule has 3 fully saturated rings. The standard InChI is InChI=1S/C22H29N3O3/c1-15-4-10-18(11-5-15)23-21(27)17-8-6-16(7-9-17)13-24-14-20(26)25-12-2-3-19(25)22(24)28/h6-9,15,18-19H,2-5,10-14H2,1H3,(H,23,27). The number of fused-ring (bicyclic) bond motifs is 1. The Morgan fingerprint density at radius 2 is 1.79 bits per heavy atom. The van der Waals surface area contributed by atoms with Gasteiger partial charge in [0.05, 0.1) is 0 Å². The van der Waals surface area contributed by atoms with Gasteiger partial charge in [0.15, 0.2) is 0 Å². The molecule has 2 aliphatic heterocycles. The summed E-state index contributed by atoms with van der Waals surface area (Å²) in [5.74, 6) is 0.815. The highest BCUT2D eigenvalue weighted by Crippen LogP contribution is 2.25. The van der Waals surface area contributed by atoms with Gasteiger partial charge in [-0.3, -0.25) is 14.4 Å². The van der Waals surface area contributed by atoms with E-state index in [-0.39, 0.29) is 36.3 Å². The molecular formula is C22H29N3O3. The zero-order valence-corrected chi connectivity index (χ0v) is 16.5. The van der Waals surface area contributed by atoms with Crippen LogP contribution in [-0.2, 0) is 16.1 Å². The molecule has 28 heavy (non-hydrogen) atoms. The fourth-order valence-electron chi connectivity index (χ4n) is 4.65. The third-order valence-corrected chi connectivity index (χ3v) is 6.44. The van der Waals surface area contributed by atoms with E-state index in [1.807, 2.05) is 24.3 Å². The molecule has 4 rings (SSSR count). The van der Waals surface area contributed by atoms with Gasteiger partial charge in [-0.15, -0.1) is 0 Å². The average Bonchev–Trinajstić information content (AvgIpc) is 3.19. The van der Waals surface area contributed by atoms with E-state index in [1.54, 1.807) is 9.80 Å². The van der Waals surface area contributed by atoms with Crippen molar-refractivity contribution < 1.29 is 14.4 Å². The summed E-state index contributed by atoms with van der Waals surface area (Å²) in [5, 5.41) is 3.14. The molecule has 0 aromatic heterocycles. The van der Waals surface area contributed by atoms with E-state index in [9.17, 15) is 14.4 Å². The minimum absolute atomic E-state index is 0.0306. The molecule has 3 amide bonds. The first-order chi connectivity index (χ1) is 13.5. The van der Waals surface area contributed by atoms with Crippen molar-refractivity contribution in [3.63, 3.8) is 0 Å². The number of nitrogens with zero attached hydrogens (tertiary/aromatic N) is 2.